The number of nitrogens with zero attached hydrogens (tertiary/aromatic N) is 2. The molecule has 0 spiro atoms. The number of benzene rings is 3. The number of carbonyl (C=O) groups is 2. The average molecular weight is 463 g/mol. The Bertz CT molecular complexity index is 1220. The van der Waals surface area contributed by atoms with E-state index >= 15 is 0 Å². The Morgan fingerprint density at radius 3 is 2.47 bits per heavy atom. The molecule has 0 saturated carbocycles. The van der Waals surface area contributed by atoms with Gasteiger partial charge in [0, 0.05) is 6.07 Å². The molecule has 0 bridgehead atoms. The van der Waals surface area contributed by atoms with Crippen LogP contribution in [0.5, 0.6) is 17.2 Å². The monoisotopic (exact) mass is 463 g/mol. The lowest BCUT2D eigenvalue weighted by Crippen LogP contribution is -2.24. The number of amides is 1. The largest absolute Gasteiger partial charge is 0.493 e. The van der Waals surface area contributed by atoms with Crippen molar-refractivity contribution in [2.24, 2.45) is 5.10 Å². The fraction of sp³-hybridized carbons (Fsp3) is 0.125. The number of hydrazone groups is 1. The zero-order valence-electron chi connectivity index (χ0n) is 18.4. The van der Waals surface area contributed by atoms with Crippen molar-refractivity contribution in [3.8, 4) is 17.2 Å². The Hall–Kier alpha value is -4.73. The lowest BCUT2D eigenvalue weighted by atomic mass is 10.1. The first-order valence-corrected chi connectivity index (χ1v) is 10.0. The molecule has 0 atom stereocenters. The zero-order valence-corrected chi connectivity index (χ0v) is 18.4. The lowest BCUT2D eigenvalue weighted by Gasteiger charge is -2.10. The van der Waals surface area contributed by atoms with Crippen LogP contribution in [0.2, 0.25) is 0 Å². The summed E-state index contributed by atoms with van der Waals surface area (Å²) in [5.41, 5.74) is 4.02. The van der Waals surface area contributed by atoms with E-state index in [1.165, 1.54) is 31.5 Å². The van der Waals surface area contributed by atoms with Crippen molar-refractivity contribution in [2.75, 3.05) is 13.7 Å². The smallest absolute Gasteiger partial charge is 0.343 e. The van der Waals surface area contributed by atoms with Crippen molar-refractivity contribution in [3.05, 3.63) is 93.5 Å². The second-order valence-electron chi connectivity index (χ2n) is 6.97. The normalized spacial score (nSPS) is 10.5. The van der Waals surface area contributed by atoms with Crippen LogP contribution < -0.4 is 19.6 Å². The van der Waals surface area contributed by atoms with Crippen LogP contribution in [0.3, 0.4) is 0 Å². The molecule has 0 radical (unpaired) electrons. The van der Waals surface area contributed by atoms with Gasteiger partial charge in [-0.05, 0) is 48.9 Å². The zero-order chi connectivity index (χ0) is 24.5. The van der Waals surface area contributed by atoms with Crippen molar-refractivity contribution in [3.63, 3.8) is 0 Å². The molecular formula is C24H21N3O7. The molecule has 3 aromatic rings. The summed E-state index contributed by atoms with van der Waals surface area (Å²) >= 11 is 0. The van der Waals surface area contributed by atoms with E-state index in [-0.39, 0.29) is 17.2 Å². The molecule has 0 aliphatic carbocycles. The Kier molecular flexibility index (Phi) is 7.90. The summed E-state index contributed by atoms with van der Waals surface area (Å²) < 4.78 is 15.9. The molecule has 3 rings (SSSR count). The van der Waals surface area contributed by atoms with Gasteiger partial charge in [0.1, 0.15) is 0 Å². The number of hydrogen-bond donors (Lipinski definition) is 1. The van der Waals surface area contributed by atoms with Crippen LogP contribution in [-0.4, -0.2) is 36.7 Å². The fourth-order valence-corrected chi connectivity index (χ4v) is 2.78. The molecule has 0 heterocycles. The van der Waals surface area contributed by atoms with Gasteiger partial charge in [-0.15, -0.1) is 0 Å². The van der Waals surface area contributed by atoms with Crippen molar-refractivity contribution in [1.29, 1.82) is 0 Å². The molecule has 0 aliphatic heterocycles. The van der Waals surface area contributed by atoms with Crippen LogP contribution in [-0.2, 0) is 4.79 Å². The highest BCUT2D eigenvalue weighted by atomic mass is 16.6. The van der Waals surface area contributed by atoms with E-state index in [1.807, 2.05) is 19.1 Å². The van der Waals surface area contributed by atoms with E-state index in [9.17, 15) is 19.7 Å². The predicted octanol–water partition coefficient (Wildman–Crippen LogP) is 3.66. The van der Waals surface area contributed by atoms with Gasteiger partial charge in [0.2, 0.25) is 0 Å². The van der Waals surface area contributed by atoms with Gasteiger partial charge in [0.05, 0.1) is 23.8 Å². The van der Waals surface area contributed by atoms with E-state index < -0.39 is 23.4 Å². The molecule has 10 nitrogen and oxygen atoms in total. The number of methoxy groups -OCH3 is 1. The van der Waals surface area contributed by atoms with Crippen molar-refractivity contribution < 1.29 is 28.7 Å². The molecule has 0 saturated heterocycles. The third kappa shape index (κ3) is 6.39. The van der Waals surface area contributed by atoms with E-state index in [2.05, 4.69) is 10.5 Å². The van der Waals surface area contributed by atoms with Gasteiger partial charge in [-0.2, -0.15) is 5.10 Å². The maximum atomic E-state index is 12.3. The van der Waals surface area contributed by atoms with Gasteiger partial charge in [-0.1, -0.05) is 29.8 Å². The third-order valence-corrected chi connectivity index (χ3v) is 4.50. The summed E-state index contributed by atoms with van der Waals surface area (Å²) in [5.74, 6) is -0.620. The molecule has 0 fully saturated rings. The number of carbonyl (C=O) groups excluding carboxylic acids is 2. The molecular weight excluding hydrogens is 442 g/mol. The molecule has 10 heteroatoms. The number of nitro groups is 1. The van der Waals surface area contributed by atoms with Gasteiger partial charge in [0.15, 0.2) is 23.9 Å². The van der Waals surface area contributed by atoms with Crippen LogP contribution >= 0.6 is 0 Å². The van der Waals surface area contributed by atoms with Gasteiger partial charge in [0.25, 0.3) is 5.91 Å². The van der Waals surface area contributed by atoms with E-state index in [0.29, 0.717) is 16.9 Å². The van der Waals surface area contributed by atoms with Gasteiger partial charge in [-0.25, -0.2) is 10.2 Å². The SMILES string of the molecule is COc1cc(C=NNC(=O)COc2ccccc2[N+](=O)[O-])ccc1OC(=O)c1ccc(C)cc1. The molecule has 0 aromatic heterocycles. The van der Waals surface area contributed by atoms with E-state index in [0.717, 1.165) is 5.56 Å². The molecule has 3 aromatic carbocycles. The van der Waals surface area contributed by atoms with Gasteiger partial charge >= 0.3 is 11.7 Å². The van der Waals surface area contributed by atoms with Gasteiger partial charge < -0.3 is 14.2 Å². The van der Waals surface area contributed by atoms with Crippen LogP contribution in [0, 0.1) is 17.0 Å². The highest BCUT2D eigenvalue weighted by Gasteiger charge is 2.15. The summed E-state index contributed by atoms with van der Waals surface area (Å²) in [7, 11) is 1.43. The summed E-state index contributed by atoms with van der Waals surface area (Å²) in [6, 6.07) is 17.5. The highest BCUT2D eigenvalue weighted by molar-refractivity contribution is 5.91. The maximum absolute atomic E-state index is 12.3. The molecule has 1 N–H and O–H groups in total. The third-order valence-electron chi connectivity index (χ3n) is 4.50. The summed E-state index contributed by atoms with van der Waals surface area (Å²) in [5, 5.41) is 14.8. The van der Waals surface area contributed by atoms with Crippen LogP contribution in [0.25, 0.3) is 0 Å². The molecule has 174 valence electrons. The quantitative estimate of drug-likeness (QED) is 0.169. The topological polar surface area (TPSA) is 129 Å². The number of nitro benzene ring substituents is 1. The first kappa shape index (κ1) is 23.9. The maximum Gasteiger partial charge on any atom is 0.343 e. The lowest BCUT2D eigenvalue weighted by molar-refractivity contribution is -0.385. The van der Waals surface area contributed by atoms with Crippen molar-refractivity contribution in [1.82, 2.24) is 5.43 Å². The Labute approximate surface area is 194 Å². The predicted molar refractivity (Wildman–Crippen MR) is 123 cm³/mol. The second-order valence-corrected chi connectivity index (χ2v) is 6.97. The molecule has 0 unspecified atom stereocenters. The Morgan fingerprint density at radius 1 is 1.03 bits per heavy atom. The Morgan fingerprint density at radius 2 is 1.76 bits per heavy atom. The van der Waals surface area contributed by atoms with Crippen molar-refractivity contribution >= 4 is 23.8 Å². The van der Waals surface area contributed by atoms with Crippen LogP contribution in [0.15, 0.2) is 71.8 Å². The summed E-state index contributed by atoms with van der Waals surface area (Å²) in [4.78, 5) is 34.7. The number of ether oxygens (including phenoxy) is 3. The minimum Gasteiger partial charge on any atom is -0.493 e. The molecule has 34 heavy (non-hydrogen) atoms. The first-order valence-electron chi connectivity index (χ1n) is 10.0. The van der Waals surface area contributed by atoms with E-state index in [1.54, 1.807) is 36.4 Å². The number of hydrogen-bond acceptors (Lipinski definition) is 8. The fourth-order valence-electron chi connectivity index (χ4n) is 2.78. The molecule has 0 aliphatic rings. The van der Waals surface area contributed by atoms with Crippen molar-refractivity contribution in [2.45, 2.75) is 6.92 Å². The summed E-state index contributed by atoms with van der Waals surface area (Å²) in [6.45, 7) is 1.46. The summed E-state index contributed by atoms with van der Waals surface area (Å²) in [6.07, 6.45) is 1.36. The minimum atomic E-state index is -0.606. The highest BCUT2D eigenvalue weighted by Crippen LogP contribution is 2.28. The first-order chi connectivity index (χ1) is 16.4. The number of esters is 1. The number of nitrogens with one attached hydrogen (secondary N) is 1. The number of para-hydroxylation sites is 2. The van der Waals surface area contributed by atoms with Gasteiger partial charge in [-0.3, -0.25) is 14.9 Å². The number of aryl methyl sites for hydroxylation is 1. The minimum absolute atomic E-state index is 0.0212. The second kappa shape index (κ2) is 11.2. The molecule has 1 amide bonds. The Balaban J connectivity index is 1.57. The van der Waals surface area contributed by atoms with Crippen LogP contribution in [0.4, 0.5) is 5.69 Å². The average Bonchev–Trinajstić information content (AvgIpc) is 2.84. The number of rotatable bonds is 9. The van der Waals surface area contributed by atoms with Crippen LogP contribution in [0.1, 0.15) is 21.5 Å². The standard InChI is InChI=1S/C24H21N3O7/c1-16-7-10-18(11-8-16)24(29)34-21-12-9-17(13-22(21)32-2)14-25-26-23(28)15-33-20-6-4-3-5-19(20)27(30)31/h3-14H,15H2,1-2H3,(H,26,28). The van der Waals surface area contributed by atoms with E-state index in [4.69, 9.17) is 14.2 Å².